The normalized spacial score (nSPS) is 23.6. The van der Waals surface area contributed by atoms with Gasteiger partial charge in [0.05, 0.1) is 6.54 Å². The van der Waals surface area contributed by atoms with Crippen molar-refractivity contribution >= 4 is 35.8 Å². The molecule has 2 saturated heterocycles. The number of carbonyl (C=O) groups is 1. The molecular formula is C21H40IN5O. The van der Waals surface area contributed by atoms with Crippen molar-refractivity contribution in [2.45, 2.75) is 76.2 Å². The molecule has 1 saturated carbocycles. The van der Waals surface area contributed by atoms with Gasteiger partial charge in [0.2, 0.25) is 5.91 Å². The van der Waals surface area contributed by atoms with Gasteiger partial charge in [0.1, 0.15) is 0 Å². The van der Waals surface area contributed by atoms with Crippen molar-refractivity contribution in [2.75, 3.05) is 46.3 Å². The van der Waals surface area contributed by atoms with Gasteiger partial charge >= 0.3 is 0 Å². The highest BCUT2D eigenvalue weighted by molar-refractivity contribution is 14.0. The van der Waals surface area contributed by atoms with Crippen molar-refractivity contribution in [1.82, 2.24) is 20.4 Å². The third-order valence-corrected chi connectivity index (χ3v) is 6.74. The van der Waals surface area contributed by atoms with E-state index in [4.69, 9.17) is 0 Å². The summed E-state index contributed by atoms with van der Waals surface area (Å²) < 4.78 is 0. The first-order valence-corrected chi connectivity index (χ1v) is 11.2. The fourth-order valence-corrected chi connectivity index (χ4v) is 5.07. The van der Waals surface area contributed by atoms with Crippen LogP contribution in [-0.4, -0.2) is 73.5 Å². The number of aliphatic imine (C=N–C) groups is 1. The van der Waals surface area contributed by atoms with Crippen LogP contribution in [0.3, 0.4) is 0 Å². The van der Waals surface area contributed by atoms with Gasteiger partial charge in [-0.15, -0.1) is 24.0 Å². The van der Waals surface area contributed by atoms with Crippen LogP contribution in [0, 0.1) is 0 Å². The Morgan fingerprint density at radius 1 is 0.857 bits per heavy atom. The molecule has 0 atom stereocenters. The van der Waals surface area contributed by atoms with Crippen molar-refractivity contribution in [1.29, 1.82) is 0 Å². The van der Waals surface area contributed by atoms with Crippen LogP contribution in [0.4, 0.5) is 0 Å². The summed E-state index contributed by atoms with van der Waals surface area (Å²) in [6.07, 6.45) is 14.2. The summed E-state index contributed by atoms with van der Waals surface area (Å²) in [5.74, 6) is 0.961. The van der Waals surface area contributed by atoms with Crippen molar-refractivity contribution in [3.8, 4) is 0 Å². The molecule has 0 aromatic rings. The zero-order valence-electron chi connectivity index (χ0n) is 17.7. The van der Waals surface area contributed by atoms with Crippen LogP contribution in [0.15, 0.2) is 4.99 Å². The molecule has 0 aromatic heterocycles. The largest absolute Gasteiger partial charge is 0.355 e. The monoisotopic (exact) mass is 505 g/mol. The number of likely N-dealkylation sites (tertiary alicyclic amines) is 2. The Balaban J connectivity index is 0.00000280. The van der Waals surface area contributed by atoms with Gasteiger partial charge < -0.3 is 15.5 Å². The number of amides is 1. The highest BCUT2D eigenvalue weighted by atomic mass is 127. The van der Waals surface area contributed by atoms with Gasteiger partial charge in [-0.25, -0.2) is 0 Å². The molecular weight excluding hydrogens is 465 g/mol. The van der Waals surface area contributed by atoms with Gasteiger partial charge in [-0.1, -0.05) is 25.7 Å². The Labute approximate surface area is 188 Å². The number of guanidine groups is 1. The topological polar surface area (TPSA) is 60.0 Å². The minimum absolute atomic E-state index is 0. The highest BCUT2D eigenvalue weighted by Crippen LogP contribution is 2.35. The number of rotatable bonds is 5. The summed E-state index contributed by atoms with van der Waals surface area (Å²) in [4.78, 5) is 21.5. The second kappa shape index (κ2) is 12.2. The van der Waals surface area contributed by atoms with Gasteiger partial charge in [0.15, 0.2) is 5.96 Å². The van der Waals surface area contributed by atoms with Crippen LogP contribution in [0.5, 0.6) is 0 Å². The molecule has 3 aliphatic rings. The Hall–Kier alpha value is -0.570. The summed E-state index contributed by atoms with van der Waals surface area (Å²) in [5.41, 5.74) is 0.271. The Morgan fingerprint density at radius 3 is 2.04 bits per heavy atom. The smallest absolute Gasteiger partial charge is 0.241 e. The fraction of sp³-hybridized carbons (Fsp3) is 0.905. The van der Waals surface area contributed by atoms with Crippen molar-refractivity contribution in [3.63, 3.8) is 0 Å². The van der Waals surface area contributed by atoms with E-state index in [9.17, 15) is 4.79 Å². The first kappa shape index (κ1) is 23.7. The maximum Gasteiger partial charge on any atom is 0.241 e. The number of hydrogen-bond donors (Lipinski definition) is 2. The Bertz CT molecular complexity index is 495. The van der Waals surface area contributed by atoms with E-state index in [1.54, 1.807) is 7.05 Å². The molecule has 2 heterocycles. The number of halogens is 1. The summed E-state index contributed by atoms with van der Waals surface area (Å²) in [6, 6.07) is 0. The van der Waals surface area contributed by atoms with Crippen LogP contribution in [0.2, 0.25) is 0 Å². The zero-order valence-corrected chi connectivity index (χ0v) is 20.0. The molecule has 0 radical (unpaired) electrons. The van der Waals surface area contributed by atoms with Crippen molar-refractivity contribution in [3.05, 3.63) is 0 Å². The maximum absolute atomic E-state index is 12.4. The average molecular weight is 505 g/mol. The quantitative estimate of drug-likeness (QED) is 0.343. The van der Waals surface area contributed by atoms with Crippen LogP contribution in [0.25, 0.3) is 0 Å². The predicted octanol–water partition coefficient (Wildman–Crippen LogP) is 2.97. The van der Waals surface area contributed by atoms with E-state index in [0.29, 0.717) is 6.54 Å². The second-order valence-electron chi connectivity index (χ2n) is 8.55. The number of nitrogens with zero attached hydrogens (tertiary/aromatic N) is 3. The summed E-state index contributed by atoms with van der Waals surface area (Å²) in [7, 11) is 1.80. The van der Waals surface area contributed by atoms with Crippen molar-refractivity contribution in [2.24, 2.45) is 4.99 Å². The van der Waals surface area contributed by atoms with Crippen LogP contribution >= 0.6 is 24.0 Å². The lowest BCUT2D eigenvalue weighted by Gasteiger charge is -2.48. The molecule has 1 amide bonds. The van der Waals surface area contributed by atoms with Gasteiger partial charge in [0.25, 0.3) is 0 Å². The molecule has 2 aliphatic heterocycles. The summed E-state index contributed by atoms with van der Waals surface area (Å²) in [5, 5.41) is 6.82. The zero-order chi connectivity index (χ0) is 19.0. The highest BCUT2D eigenvalue weighted by Gasteiger charge is 2.38. The molecule has 1 aliphatic carbocycles. The van der Waals surface area contributed by atoms with Gasteiger partial charge in [0, 0.05) is 32.2 Å². The lowest BCUT2D eigenvalue weighted by atomic mass is 9.79. The number of nitrogens with one attached hydrogen (secondary N) is 2. The van der Waals surface area contributed by atoms with Crippen LogP contribution in [0.1, 0.15) is 70.6 Å². The lowest BCUT2D eigenvalue weighted by molar-refractivity contribution is -0.130. The Kier molecular flexibility index (Phi) is 10.3. The van der Waals surface area contributed by atoms with E-state index in [0.717, 1.165) is 38.4 Å². The first-order chi connectivity index (χ1) is 13.2. The third-order valence-electron chi connectivity index (χ3n) is 6.74. The predicted molar refractivity (Wildman–Crippen MR) is 126 cm³/mol. The molecule has 6 nitrogen and oxygen atoms in total. The standard InChI is InChI=1S/C21H39N5O.HI/c1-22-20(23-17-19(27)25-13-7-3-8-14-25)24-18-21(11-5-2-6-12-21)26-15-9-4-10-16-26;/h2-18H2,1H3,(H2,22,23,24);1H. The van der Waals surface area contributed by atoms with E-state index in [2.05, 4.69) is 20.5 Å². The molecule has 0 unspecified atom stereocenters. The second-order valence-corrected chi connectivity index (χ2v) is 8.55. The molecule has 28 heavy (non-hydrogen) atoms. The molecule has 0 aromatic carbocycles. The SMILES string of the molecule is CN=C(NCC(=O)N1CCCCC1)NCC1(N2CCCCC2)CCCCC1.I. The molecule has 7 heteroatoms. The number of piperidine rings is 2. The minimum atomic E-state index is 0. The molecule has 162 valence electrons. The van der Waals surface area contributed by atoms with Gasteiger partial charge in [-0.05, 0) is 58.0 Å². The van der Waals surface area contributed by atoms with Gasteiger partial charge in [-0.2, -0.15) is 0 Å². The van der Waals surface area contributed by atoms with E-state index >= 15 is 0 Å². The van der Waals surface area contributed by atoms with Crippen LogP contribution < -0.4 is 10.6 Å². The van der Waals surface area contributed by atoms with E-state index in [1.165, 1.54) is 70.9 Å². The fourth-order valence-electron chi connectivity index (χ4n) is 5.07. The number of hydrogen-bond acceptors (Lipinski definition) is 3. The van der Waals surface area contributed by atoms with E-state index < -0.39 is 0 Å². The lowest BCUT2D eigenvalue weighted by Crippen LogP contribution is -2.59. The van der Waals surface area contributed by atoms with E-state index in [-0.39, 0.29) is 35.4 Å². The molecule has 0 spiro atoms. The minimum Gasteiger partial charge on any atom is -0.355 e. The average Bonchev–Trinajstić information content (AvgIpc) is 2.75. The first-order valence-electron chi connectivity index (χ1n) is 11.2. The molecule has 3 fully saturated rings. The number of carbonyl (C=O) groups excluding carboxylic acids is 1. The third kappa shape index (κ3) is 6.47. The Morgan fingerprint density at radius 2 is 1.43 bits per heavy atom. The molecule has 2 N–H and O–H groups in total. The van der Waals surface area contributed by atoms with Crippen molar-refractivity contribution < 1.29 is 4.79 Å². The van der Waals surface area contributed by atoms with Gasteiger partial charge in [-0.3, -0.25) is 14.7 Å². The van der Waals surface area contributed by atoms with Crippen LogP contribution in [-0.2, 0) is 4.79 Å². The molecule has 3 rings (SSSR count). The maximum atomic E-state index is 12.4. The molecule has 0 bridgehead atoms. The summed E-state index contributed by atoms with van der Waals surface area (Å²) >= 11 is 0. The summed E-state index contributed by atoms with van der Waals surface area (Å²) in [6.45, 7) is 5.57. The van der Waals surface area contributed by atoms with E-state index in [1.807, 2.05) is 4.90 Å².